The minimum absolute atomic E-state index is 0.00207. The molecule has 4 aliphatic rings. The number of halogens is 2. The molecular weight excluding hydrogens is 964 g/mol. The second-order valence-electron chi connectivity index (χ2n) is 22.9. The van der Waals surface area contributed by atoms with Crippen molar-refractivity contribution >= 4 is 52.7 Å². The third kappa shape index (κ3) is 11.7. The van der Waals surface area contributed by atoms with Crippen molar-refractivity contribution in [2.75, 3.05) is 0 Å². The molecule has 0 amide bonds. The van der Waals surface area contributed by atoms with E-state index in [9.17, 15) is 39.6 Å². The Bertz CT molecular complexity index is 2610. The van der Waals surface area contributed by atoms with Gasteiger partial charge in [-0.25, -0.2) is 19.2 Å². The smallest absolute Gasteiger partial charge is 0.339 e. The summed E-state index contributed by atoms with van der Waals surface area (Å²) in [6.45, 7) is 12.2. The monoisotopic (exact) mass is 1030 g/mol. The molecule has 10 nitrogen and oxygen atoms in total. The average Bonchev–Trinajstić information content (AvgIpc) is 3.71. The Morgan fingerprint density at radius 2 is 1.19 bits per heavy atom. The zero-order valence-electron chi connectivity index (χ0n) is 42.9. The SMILES string of the molecule is CC(C)CCC[C@@H](C)[C@H]1CC[C@H]2[C@@H]3CC[C@H]4C[C@@H](CCC=C(c5cc(Cl)c(OCc6cccc(C(=O)O)c6)c(C(=O)O)c5)c5cc(Cl)c(OCc6cccc(C(=O)O)c6)c(C(=O)O)c5)CC[C@]4(C)[C@H]3CC[C@]12C. The molecule has 0 unspecified atom stereocenters. The van der Waals surface area contributed by atoms with Crippen LogP contribution in [0.25, 0.3) is 5.57 Å². The number of ether oxygens (including phenoxy) is 2. The van der Waals surface area contributed by atoms with E-state index < -0.39 is 23.9 Å². The molecule has 4 aromatic carbocycles. The lowest BCUT2D eigenvalue weighted by molar-refractivity contribution is -0.121. The second kappa shape index (κ2) is 22.7. The van der Waals surface area contributed by atoms with E-state index >= 15 is 0 Å². The number of hydrogen-bond acceptors (Lipinski definition) is 6. The fraction of sp³-hybridized carbons (Fsp3) is 0.508. The predicted molar refractivity (Wildman–Crippen MR) is 285 cm³/mol. The van der Waals surface area contributed by atoms with E-state index in [1.807, 2.05) is 6.08 Å². The van der Waals surface area contributed by atoms with Crippen molar-refractivity contribution in [1.29, 1.82) is 0 Å². The number of aromatic carboxylic acids is 4. The minimum Gasteiger partial charge on any atom is -0.486 e. The van der Waals surface area contributed by atoms with Gasteiger partial charge >= 0.3 is 23.9 Å². The topological polar surface area (TPSA) is 168 Å². The molecule has 9 atom stereocenters. The standard InChI is InChI=1S/C61H72Cl2O10/c1-35(2)10-6-11-36(3)49-20-21-50-46-19-18-44-28-37(22-24-60(44,4)51(46)23-25-61(49,50)5)12-9-17-45(42-29-47(58(68)69)54(52(62)31-42)72-33-38-13-7-15-40(26-38)56(64)65)43-30-48(59(70)71)55(53(63)32-43)73-34-39-14-8-16-41(27-39)57(66)67/h7-8,13-17,26-27,29-32,35-37,44,46,49-51H,6,9-12,18-25,28,33-34H2,1-5H3,(H,64,65)(H,66,67)(H,68,69)(H,70,71)/t36-,37+,44+,46+,49-,50+,51+,60+,61-/m1/s1. The van der Waals surface area contributed by atoms with Crippen molar-refractivity contribution in [3.8, 4) is 11.5 Å². The number of benzene rings is 4. The third-order valence-electron chi connectivity index (χ3n) is 18.2. The number of carboxylic acid groups (broad SMARTS) is 4. The molecule has 0 bridgehead atoms. The third-order valence-corrected chi connectivity index (χ3v) is 18.7. The van der Waals surface area contributed by atoms with Gasteiger partial charge in [0, 0.05) is 0 Å². The first kappa shape index (κ1) is 54.0. The Morgan fingerprint density at radius 1 is 0.644 bits per heavy atom. The summed E-state index contributed by atoms with van der Waals surface area (Å²) in [7, 11) is 0. The molecule has 4 fully saturated rings. The van der Waals surface area contributed by atoms with Gasteiger partial charge in [-0.1, -0.05) is 107 Å². The van der Waals surface area contributed by atoms with Crippen LogP contribution in [0.5, 0.6) is 11.5 Å². The fourth-order valence-electron chi connectivity index (χ4n) is 14.5. The van der Waals surface area contributed by atoms with Crippen LogP contribution in [-0.4, -0.2) is 44.3 Å². The minimum atomic E-state index is -1.31. The second-order valence-corrected chi connectivity index (χ2v) is 23.7. The molecule has 4 aliphatic carbocycles. The number of carboxylic acids is 4. The van der Waals surface area contributed by atoms with Gasteiger partial charge in [0.2, 0.25) is 0 Å². The van der Waals surface area contributed by atoms with E-state index in [2.05, 4.69) is 34.6 Å². The summed E-state index contributed by atoms with van der Waals surface area (Å²) in [5, 5.41) is 40.1. The van der Waals surface area contributed by atoms with Crippen LogP contribution in [0.2, 0.25) is 10.0 Å². The maximum atomic E-state index is 13.0. The number of allylic oxidation sites excluding steroid dienone is 1. The van der Waals surface area contributed by atoms with Crippen molar-refractivity contribution in [1.82, 2.24) is 0 Å². The molecule has 0 aromatic heterocycles. The fourth-order valence-corrected chi connectivity index (χ4v) is 15.1. The van der Waals surface area contributed by atoms with Crippen molar-refractivity contribution < 1.29 is 49.1 Å². The molecule has 4 N–H and O–H groups in total. The largest absolute Gasteiger partial charge is 0.486 e. The van der Waals surface area contributed by atoms with Gasteiger partial charge in [-0.05, 0) is 205 Å². The Labute approximate surface area is 440 Å². The van der Waals surface area contributed by atoms with Crippen molar-refractivity contribution in [3.63, 3.8) is 0 Å². The molecule has 0 saturated heterocycles. The summed E-state index contributed by atoms with van der Waals surface area (Å²) in [6, 6.07) is 18.4. The predicted octanol–water partition coefficient (Wildman–Crippen LogP) is 15.9. The van der Waals surface area contributed by atoms with Crippen LogP contribution in [0.1, 0.15) is 188 Å². The lowest BCUT2D eigenvalue weighted by atomic mass is 9.44. The summed E-state index contributed by atoms with van der Waals surface area (Å²) in [4.78, 5) is 49.2. The Balaban J connectivity index is 1.04. The maximum absolute atomic E-state index is 13.0. The van der Waals surface area contributed by atoms with Crippen LogP contribution in [-0.2, 0) is 13.2 Å². The maximum Gasteiger partial charge on any atom is 0.339 e. The normalized spacial score (nSPS) is 25.7. The summed E-state index contributed by atoms with van der Waals surface area (Å²) in [5.41, 5.74) is 2.80. The summed E-state index contributed by atoms with van der Waals surface area (Å²) in [6.07, 6.45) is 19.2. The highest BCUT2D eigenvalue weighted by Crippen LogP contribution is 2.69. The zero-order valence-corrected chi connectivity index (χ0v) is 44.4. The van der Waals surface area contributed by atoms with Crippen LogP contribution >= 0.6 is 23.2 Å². The van der Waals surface area contributed by atoms with Crippen LogP contribution in [0.3, 0.4) is 0 Å². The molecule has 8 rings (SSSR count). The quantitative estimate of drug-likeness (QED) is 0.0669. The van der Waals surface area contributed by atoms with Crippen molar-refractivity contribution in [2.24, 2.45) is 58.2 Å². The number of rotatable bonds is 20. The molecule has 4 saturated carbocycles. The number of fused-ring (bicyclic) bond motifs is 5. The van der Waals surface area contributed by atoms with Gasteiger partial charge in [0.05, 0.1) is 21.2 Å². The molecule has 0 heterocycles. The summed E-state index contributed by atoms with van der Waals surface area (Å²) >= 11 is 13.8. The number of carbonyl (C=O) groups is 4. The molecule has 390 valence electrons. The Hall–Kier alpha value is -5.32. The average molecular weight is 1040 g/mol. The first-order valence-electron chi connectivity index (χ1n) is 26.5. The van der Waals surface area contributed by atoms with Crippen LogP contribution in [0.4, 0.5) is 0 Å². The molecule has 0 radical (unpaired) electrons. The van der Waals surface area contributed by atoms with Gasteiger partial charge < -0.3 is 29.9 Å². The molecule has 12 heteroatoms. The Morgan fingerprint density at radius 3 is 1.73 bits per heavy atom. The number of hydrogen-bond donors (Lipinski definition) is 4. The van der Waals surface area contributed by atoms with Crippen LogP contribution in [0.15, 0.2) is 78.9 Å². The van der Waals surface area contributed by atoms with E-state index in [0.29, 0.717) is 56.9 Å². The lowest BCUT2D eigenvalue weighted by Gasteiger charge is -2.61. The van der Waals surface area contributed by atoms with Gasteiger partial charge in [-0.3, -0.25) is 0 Å². The first-order chi connectivity index (χ1) is 34.8. The van der Waals surface area contributed by atoms with Crippen molar-refractivity contribution in [2.45, 2.75) is 138 Å². The van der Waals surface area contributed by atoms with Gasteiger partial charge in [-0.2, -0.15) is 0 Å². The molecule has 73 heavy (non-hydrogen) atoms. The van der Waals surface area contributed by atoms with Gasteiger partial charge in [0.25, 0.3) is 0 Å². The molecular formula is C61H72Cl2O10. The van der Waals surface area contributed by atoms with Crippen LogP contribution in [0, 0.1) is 58.2 Å². The van der Waals surface area contributed by atoms with Gasteiger partial charge in [0.15, 0.2) is 11.5 Å². The zero-order chi connectivity index (χ0) is 52.4. The van der Waals surface area contributed by atoms with E-state index in [1.165, 1.54) is 107 Å². The van der Waals surface area contributed by atoms with Crippen LogP contribution < -0.4 is 9.47 Å². The molecule has 0 spiro atoms. The summed E-state index contributed by atoms with van der Waals surface area (Å²) < 4.78 is 12.0. The lowest BCUT2D eigenvalue weighted by Crippen LogP contribution is -2.53. The first-order valence-corrected chi connectivity index (χ1v) is 27.3. The van der Waals surface area contributed by atoms with Crippen molar-refractivity contribution in [3.05, 3.63) is 133 Å². The molecule has 4 aromatic rings. The summed E-state index contributed by atoms with van der Waals surface area (Å²) in [5.74, 6) is 0.960. The van der Waals surface area contributed by atoms with E-state index in [4.69, 9.17) is 32.7 Å². The van der Waals surface area contributed by atoms with E-state index in [1.54, 1.807) is 36.4 Å². The highest BCUT2D eigenvalue weighted by atomic mass is 35.5. The van der Waals surface area contributed by atoms with Gasteiger partial charge in [0.1, 0.15) is 24.3 Å². The van der Waals surface area contributed by atoms with E-state index in [0.717, 1.165) is 48.3 Å². The van der Waals surface area contributed by atoms with E-state index in [-0.39, 0.29) is 57.0 Å². The highest BCUT2D eigenvalue weighted by Gasteiger charge is 2.60. The molecule has 0 aliphatic heterocycles. The Kier molecular flexibility index (Phi) is 16.7. The highest BCUT2D eigenvalue weighted by molar-refractivity contribution is 6.33. The van der Waals surface area contributed by atoms with Gasteiger partial charge in [-0.15, -0.1) is 0 Å².